The smallest absolute Gasteiger partial charge is 0.152 e. The van der Waals surface area contributed by atoms with Gasteiger partial charge in [-0.15, -0.1) is 0 Å². The third-order valence-electron chi connectivity index (χ3n) is 11.5. The minimum Gasteiger partial charge on any atom is -0.377 e. The van der Waals surface area contributed by atoms with E-state index in [2.05, 4.69) is 19.1 Å². The molecule has 0 saturated heterocycles. The molecule has 0 fully saturated rings. The van der Waals surface area contributed by atoms with Gasteiger partial charge in [0, 0.05) is 0 Å². The lowest BCUT2D eigenvalue weighted by Crippen LogP contribution is -2.51. The summed E-state index contributed by atoms with van der Waals surface area (Å²) in [5.74, 6) is 0. The summed E-state index contributed by atoms with van der Waals surface area (Å²) in [4.78, 5) is 0. The van der Waals surface area contributed by atoms with Gasteiger partial charge in [-0.3, -0.25) is 0 Å². The van der Waals surface area contributed by atoms with Crippen molar-refractivity contribution in [3.05, 3.63) is 323 Å². The van der Waals surface area contributed by atoms with Crippen LogP contribution in [-0.4, -0.2) is 20.4 Å². The first-order chi connectivity index (χ1) is 30.7. The summed E-state index contributed by atoms with van der Waals surface area (Å²) in [6, 6.07) is 85.1. The predicted molar refractivity (Wildman–Crippen MR) is 255 cm³/mol. The lowest BCUT2D eigenvalue weighted by molar-refractivity contribution is -0.113. The molecule has 0 saturated carbocycles. The zero-order valence-electron chi connectivity index (χ0n) is 35.3. The van der Waals surface area contributed by atoms with E-state index >= 15 is 0 Å². The quantitative estimate of drug-likeness (QED) is 0.111. The SMILES string of the molecule is Cc1ccccc1.OC(c1ccccc1)(c1ccccc1)C(O)(c1ccccc1)c1ccccc1.OC(c1ccccc1)(c1ccccc1)C(O)(c1ccccc1)c1ccccc1. The van der Waals surface area contributed by atoms with E-state index in [-0.39, 0.29) is 0 Å². The van der Waals surface area contributed by atoms with Crippen LogP contribution in [0, 0.1) is 6.92 Å². The second-order valence-electron chi connectivity index (χ2n) is 15.4. The molecule has 9 aromatic rings. The second-order valence-corrected chi connectivity index (χ2v) is 15.4. The van der Waals surface area contributed by atoms with Crippen molar-refractivity contribution < 1.29 is 20.4 Å². The summed E-state index contributed by atoms with van der Waals surface area (Å²) in [6.45, 7) is 2.08. The van der Waals surface area contributed by atoms with Crippen molar-refractivity contribution in [3.8, 4) is 0 Å². The van der Waals surface area contributed by atoms with Crippen LogP contribution in [0.15, 0.2) is 273 Å². The van der Waals surface area contributed by atoms with E-state index < -0.39 is 22.4 Å². The molecule has 312 valence electrons. The van der Waals surface area contributed by atoms with E-state index in [9.17, 15) is 20.4 Å². The normalized spacial score (nSPS) is 11.6. The van der Waals surface area contributed by atoms with Gasteiger partial charge >= 0.3 is 0 Å². The Morgan fingerprint density at radius 1 is 0.190 bits per heavy atom. The third-order valence-corrected chi connectivity index (χ3v) is 11.5. The van der Waals surface area contributed by atoms with Crippen LogP contribution in [0.5, 0.6) is 0 Å². The van der Waals surface area contributed by atoms with E-state index in [1.54, 1.807) is 0 Å². The Balaban J connectivity index is 0.000000164. The number of aryl methyl sites for hydroxylation is 1. The van der Waals surface area contributed by atoms with Gasteiger partial charge in [-0.1, -0.05) is 279 Å². The number of hydrogen-bond donors (Lipinski definition) is 4. The van der Waals surface area contributed by atoms with E-state index in [1.807, 2.05) is 261 Å². The highest BCUT2D eigenvalue weighted by Crippen LogP contribution is 2.51. The average Bonchev–Trinajstić information content (AvgIpc) is 3.38. The Morgan fingerprint density at radius 3 is 0.397 bits per heavy atom. The first kappa shape index (κ1) is 43.9. The average molecular weight is 825 g/mol. The number of rotatable bonds is 10. The van der Waals surface area contributed by atoms with Crippen molar-refractivity contribution in [2.75, 3.05) is 0 Å². The van der Waals surface area contributed by atoms with Gasteiger partial charge in [0.05, 0.1) is 0 Å². The molecule has 0 amide bonds. The molecule has 63 heavy (non-hydrogen) atoms. The molecule has 4 heteroatoms. The lowest BCUT2D eigenvalue weighted by atomic mass is 9.66. The highest BCUT2D eigenvalue weighted by atomic mass is 16.4. The molecule has 4 nitrogen and oxygen atoms in total. The molecular weight excluding hydrogens is 773 g/mol. The van der Waals surface area contributed by atoms with Crippen molar-refractivity contribution in [2.45, 2.75) is 29.3 Å². The van der Waals surface area contributed by atoms with Gasteiger partial charge in [0.2, 0.25) is 0 Å². The maximum atomic E-state index is 12.3. The molecular formula is C59H52O4. The molecule has 4 N–H and O–H groups in total. The molecule has 0 heterocycles. The molecule has 0 aliphatic rings. The maximum absolute atomic E-state index is 12.3. The van der Waals surface area contributed by atoms with Crippen LogP contribution in [0.2, 0.25) is 0 Å². The fourth-order valence-electron chi connectivity index (χ4n) is 8.31. The van der Waals surface area contributed by atoms with Gasteiger partial charge in [-0.05, 0) is 51.4 Å². The summed E-state index contributed by atoms with van der Waals surface area (Å²) in [5.41, 5.74) is -0.490. The van der Waals surface area contributed by atoms with Crippen LogP contribution < -0.4 is 0 Å². The van der Waals surface area contributed by atoms with Gasteiger partial charge in [0.25, 0.3) is 0 Å². The van der Waals surface area contributed by atoms with Crippen molar-refractivity contribution in [3.63, 3.8) is 0 Å². The number of aliphatic hydroxyl groups is 4. The Bertz CT molecular complexity index is 2180. The number of hydrogen-bond acceptors (Lipinski definition) is 4. The number of benzene rings is 9. The van der Waals surface area contributed by atoms with Crippen LogP contribution in [-0.2, 0) is 22.4 Å². The molecule has 0 aliphatic heterocycles. The van der Waals surface area contributed by atoms with E-state index in [1.165, 1.54) is 5.56 Å². The summed E-state index contributed by atoms with van der Waals surface area (Å²) >= 11 is 0. The Hall–Kier alpha value is -7.18. The first-order valence-corrected chi connectivity index (χ1v) is 21.1. The molecule has 0 unspecified atom stereocenters. The van der Waals surface area contributed by atoms with E-state index in [0.29, 0.717) is 44.5 Å². The minimum absolute atomic E-state index is 0.622. The molecule has 0 spiro atoms. The van der Waals surface area contributed by atoms with Crippen LogP contribution in [0.1, 0.15) is 50.1 Å². The summed E-state index contributed by atoms with van der Waals surface area (Å²) in [7, 11) is 0. The zero-order chi connectivity index (χ0) is 44.0. The highest BCUT2D eigenvalue weighted by molar-refractivity contribution is 5.52. The molecule has 0 aliphatic carbocycles. The van der Waals surface area contributed by atoms with Crippen LogP contribution >= 0.6 is 0 Å². The van der Waals surface area contributed by atoms with Gasteiger partial charge in [-0.25, -0.2) is 0 Å². The summed E-state index contributed by atoms with van der Waals surface area (Å²) in [6.07, 6.45) is 0. The largest absolute Gasteiger partial charge is 0.377 e. The van der Waals surface area contributed by atoms with Crippen molar-refractivity contribution in [1.82, 2.24) is 0 Å². The molecule has 0 atom stereocenters. The van der Waals surface area contributed by atoms with Crippen LogP contribution in [0.3, 0.4) is 0 Å². The fraction of sp³-hybridized carbons (Fsp3) is 0.0847. The molecule has 0 radical (unpaired) electrons. The standard InChI is InChI=1S/2C26H22O2.C7H8/c2*27-25(21-13-5-1-6-14-21,22-15-7-2-8-16-22)26(28,23-17-9-3-10-18-23)24-19-11-4-12-20-24;1-7-5-3-2-4-6-7/h2*1-20,27-28H;2-6H,1H3. The van der Waals surface area contributed by atoms with Gasteiger partial charge in [0.1, 0.15) is 0 Å². The highest BCUT2D eigenvalue weighted by Gasteiger charge is 2.55. The fourth-order valence-corrected chi connectivity index (χ4v) is 8.31. The van der Waals surface area contributed by atoms with Crippen molar-refractivity contribution in [1.29, 1.82) is 0 Å². The Labute approximate surface area is 371 Å². The lowest BCUT2D eigenvalue weighted by Gasteiger charge is -2.45. The predicted octanol–water partition coefficient (Wildman–Crippen LogP) is 11.7. The van der Waals surface area contributed by atoms with E-state index in [4.69, 9.17) is 0 Å². The van der Waals surface area contributed by atoms with Gasteiger partial charge in [0.15, 0.2) is 22.4 Å². The van der Waals surface area contributed by atoms with E-state index in [0.717, 1.165) is 0 Å². The molecule has 0 aromatic heterocycles. The zero-order valence-corrected chi connectivity index (χ0v) is 35.3. The monoisotopic (exact) mass is 824 g/mol. The summed E-state index contributed by atoms with van der Waals surface area (Å²) < 4.78 is 0. The van der Waals surface area contributed by atoms with Crippen molar-refractivity contribution >= 4 is 0 Å². The Kier molecular flexibility index (Phi) is 14.0. The summed E-state index contributed by atoms with van der Waals surface area (Å²) in [5, 5.41) is 49.3. The second kappa shape index (κ2) is 20.1. The molecule has 9 aromatic carbocycles. The first-order valence-electron chi connectivity index (χ1n) is 21.1. The van der Waals surface area contributed by atoms with Crippen molar-refractivity contribution in [2.24, 2.45) is 0 Å². The van der Waals surface area contributed by atoms with Crippen LogP contribution in [0.25, 0.3) is 0 Å². The van der Waals surface area contributed by atoms with Gasteiger partial charge in [-0.2, -0.15) is 0 Å². The molecule has 9 rings (SSSR count). The maximum Gasteiger partial charge on any atom is 0.152 e. The third kappa shape index (κ3) is 8.94. The van der Waals surface area contributed by atoms with Crippen LogP contribution in [0.4, 0.5) is 0 Å². The Morgan fingerprint density at radius 2 is 0.302 bits per heavy atom. The molecule has 0 bridgehead atoms. The minimum atomic E-state index is -1.70. The van der Waals surface area contributed by atoms with Gasteiger partial charge < -0.3 is 20.4 Å². The topological polar surface area (TPSA) is 80.9 Å².